The highest BCUT2D eigenvalue weighted by Gasteiger charge is 2.10. The lowest BCUT2D eigenvalue weighted by molar-refractivity contribution is 0.0952. The monoisotopic (exact) mass is 281 g/mol. The Morgan fingerprint density at radius 1 is 1.44 bits per heavy atom. The van der Waals surface area contributed by atoms with Crippen molar-refractivity contribution in [3.8, 4) is 0 Å². The fourth-order valence-electron chi connectivity index (χ4n) is 1.50. The number of nitrogens with zero attached hydrogens (tertiary/aromatic N) is 1. The van der Waals surface area contributed by atoms with Gasteiger partial charge in [-0.3, -0.25) is 9.78 Å². The third-order valence-electron chi connectivity index (χ3n) is 2.39. The van der Waals surface area contributed by atoms with Crippen LogP contribution in [0.5, 0.6) is 0 Å². The van der Waals surface area contributed by atoms with Crippen LogP contribution in [0.1, 0.15) is 15.2 Å². The molecule has 94 valence electrons. The lowest BCUT2D eigenvalue weighted by Crippen LogP contribution is -2.23. The average molecular weight is 282 g/mol. The first-order valence-electron chi connectivity index (χ1n) is 5.35. The molecule has 0 aliphatic heterocycles. The van der Waals surface area contributed by atoms with E-state index in [4.69, 9.17) is 11.6 Å². The summed E-state index contributed by atoms with van der Waals surface area (Å²) in [5.41, 5.74) is 1.29. The van der Waals surface area contributed by atoms with Gasteiger partial charge in [0.15, 0.2) is 0 Å². The van der Waals surface area contributed by atoms with Gasteiger partial charge in [-0.15, -0.1) is 11.3 Å². The molecule has 2 aromatic heterocycles. The first kappa shape index (κ1) is 12.9. The summed E-state index contributed by atoms with van der Waals surface area (Å²) in [6.45, 7) is 0.467. The normalized spacial score (nSPS) is 10.1. The Hall–Kier alpha value is -1.59. The number of hydrogen-bond donors (Lipinski definition) is 2. The number of thiophene rings is 1. The predicted molar refractivity (Wildman–Crippen MR) is 74.3 cm³/mol. The number of anilines is 1. The first-order chi connectivity index (χ1) is 8.70. The van der Waals surface area contributed by atoms with Gasteiger partial charge in [0.2, 0.25) is 0 Å². The maximum Gasteiger partial charge on any atom is 0.255 e. The van der Waals surface area contributed by atoms with Gasteiger partial charge in [0.05, 0.1) is 16.4 Å². The summed E-state index contributed by atoms with van der Waals surface area (Å²) in [6.07, 6.45) is 3.18. The fraction of sp³-hybridized carbons (Fsp3) is 0.167. The number of hydrogen-bond acceptors (Lipinski definition) is 4. The first-order valence-corrected chi connectivity index (χ1v) is 6.54. The molecule has 0 bridgehead atoms. The molecule has 0 saturated carbocycles. The standard InChI is InChI=1S/C12H12ClN3OS/c1-14-10-4-5-15-7-9(10)12(17)16-6-8-2-3-11(13)18-8/h2-5,7H,6H2,1H3,(H,14,15)(H,16,17). The number of carbonyl (C=O) groups is 1. The van der Waals surface area contributed by atoms with Crippen molar-refractivity contribution < 1.29 is 4.79 Å². The van der Waals surface area contributed by atoms with Crippen LogP contribution in [0.3, 0.4) is 0 Å². The van der Waals surface area contributed by atoms with Gasteiger partial charge < -0.3 is 10.6 Å². The minimum absolute atomic E-state index is 0.156. The topological polar surface area (TPSA) is 54.0 Å². The SMILES string of the molecule is CNc1ccncc1C(=O)NCc1ccc(Cl)s1. The quantitative estimate of drug-likeness (QED) is 0.906. The Labute approximate surface area is 114 Å². The van der Waals surface area contributed by atoms with Crippen molar-refractivity contribution in [2.75, 3.05) is 12.4 Å². The Morgan fingerprint density at radius 2 is 2.28 bits per heavy atom. The number of rotatable bonds is 4. The van der Waals surface area contributed by atoms with Crippen molar-refractivity contribution in [1.82, 2.24) is 10.3 Å². The molecule has 0 unspecified atom stereocenters. The molecule has 0 fully saturated rings. The molecule has 0 aliphatic rings. The molecule has 2 N–H and O–H groups in total. The Bertz CT molecular complexity index is 556. The molecule has 4 nitrogen and oxygen atoms in total. The van der Waals surface area contributed by atoms with E-state index in [0.29, 0.717) is 12.1 Å². The van der Waals surface area contributed by atoms with Crippen molar-refractivity contribution >= 4 is 34.5 Å². The summed E-state index contributed by atoms with van der Waals surface area (Å²) >= 11 is 7.28. The van der Waals surface area contributed by atoms with Crippen molar-refractivity contribution in [3.05, 3.63) is 45.4 Å². The number of nitrogens with one attached hydrogen (secondary N) is 2. The number of carbonyl (C=O) groups excluding carboxylic acids is 1. The van der Waals surface area contributed by atoms with Crippen LogP contribution in [-0.4, -0.2) is 17.9 Å². The van der Waals surface area contributed by atoms with Gasteiger partial charge in [-0.05, 0) is 18.2 Å². The molecule has 18 heavy (non-hydrogen) atoms. The Balaban J connectivity index is 2.03. The minimum Gasteiger partial charge on any atom is -0.387 e. The Morgan fingerprint density at radius 3 is 2.94 bits per heavy atom. The third-order valence-corrected chi connectivity index (χ3v) is 3.62. The van der Waals surface area contributed by atoms with E-state index in [0.717, 1.165) is 14.9 Å². The highest BCUT2D eigenvalue weighted by Crippen LogP contribution is 2.21. The Kier molecular flexibility index (Phi) is 4.17. The van der Waals surface area contributed by atoms with Crippen molar-refractivity contribution in [3.63, 3.8) is 0 Å². The van der Waals surface area contributed by atoms with E-state index in [9.17, 15) is 4.79 Å². The second kappa shape index (κ2) is 5.84. The van der Waals surface area contributed by atoms with Crippen LogP contribution in [0.25, 0.3) is 0 Å². The molecule has 2 heterocycles. The molecule has 2 rings (SSSR count). The molecule has 2 aromatic rings. The van der Waals surface area contributed by atoms with Crippen LogP contribution >= 0.6 is 22.9 Å². The largest absolute Gasteiger partial charge is 0.387 e. The minimum atomic E-state index is -0.156. The third kappa shape index (κ3) is 3.00. The van der Waals surface area contributed by atoms with Crippen molar-refractivity contribution in [2.45, 2.75) is 6.54 Å². The predicted octanol–water partition coefficient (Wildman–Crippen LogP) is 2.77. The fourth-order valence-corrected chi connectivity index (χ4v) is 2.53. The van der Waals surface area contributed by atoms with Gasteiger partial charge >= 0.3 is 0 Å². The second-order valence-electron chi connectivity index (χ2n) is 3.56. The molecule has 0 aromatic carbocycles. The molecule has 0 spiro atoms. The zero-order valence-electron chi connectivity index (χ0n) is 9.74. The van der Waals surface area contributed by atoms with Crippen LogP contribution in [0, 0.1) is 0 Å². The van der Waals surface area contributed by atoms with Gasteiger partial charge in [0.25, 0.3) is 5.91 Å². The molecule has 0 saturated heterocycles. The van der Waals surface area contributed by atoms with Crippen LogP contribution in [-0.2, 0) is 6.54 Å². The number of amides is 1. The van der Waals surface area contributed by atoms with Gasteiger partial charge in [0.1, 0.15) is 0 Å². The number of aromatic nitrogens is 1. The summed E-state index contributed by atoms with van der Waals surface area (Å²) in [5.74, 6) is -0.156. The molecule has 1 amide bonds. The lowest BCUT2D eigenvalue weighted by atomic mass is 10.2. The summed E-state index contributed by atoms with van der Waals surface area (Å²) in [5, 5.41) is 5.80. The van der Waals surface area contributed by atoms with E-state index in [1.54, 1.807) is 25.5 Å². The molecular formula is C12H12ClN3OS. The van der Waals surface area contributed by atoms with Crippen molar-refractivity contribution in [2.24, 2.45) is 0 Å². The van der Waals surface area contributed by atoms with Crippen molar-refractivity contribution in [1.29, 1.82) is 0 Å². The zero-order valence-corrected chi connectivity index (χ0v) is 11.3. The summed E-state index contributed by atoms with van der Waals surface area (Å²) in [7, 11) is 1.77. The maximum absolute atomic E-state index is 12.0. The van der Waals surface area contributed by atoms with E-state index in [2.05, 4.69) is 15.6 Å². The van der Waals surface area contributed by atoms with Gasteiger partial charge in [-0.25, -0.2) is 0 Å². The lowest BCUT2D eigenvalue weighted by Gasteiger charge is -2.08. The van der Waals surface area contributed by atoms with E-state index in [1.165, 1.54) is 11.3 Å². The summed E-state index contributed by atoms with van der Waals surface area (Å²) in [4.78, 5) is 17.0. The van der Waals surface area contributed by atoms with E-state index < -0.39 is 0 Å². The highest BCUT2D eigenvalue weighted by atomic mass is 35.5. The second-order valence-corrected chi connectivity index (χ2v) is 5.36. The summed E-state index contributed by atoms with van der Waals surface area (Å²) < 4.78 is 0.719. The van der Waals surface area contributed by atoms with Crippen LogP contribution in [0.2, 0.25) is 4.34 Å². The van der Waals surface area contributed by atoms with E-state index >= 15 is 0 Å². The maximum atomic E-state index is 12.0. The molecule has 0 radical (unpaired) electrons. The smallest absolute Gasteiger partial charge is 0.255 e. The van der Waals surface area contributed by atoms with Gasteiger partial charge in [0, 0.05) is 30.0 Å². The molecule has 6 heteroatoms. The number of halogens is 1. The van der Waals surface area contributed by atoms with Gasteiger partial charge in [-0.2, -0.15) is 0 Å². The van der Waals surface area contributed by atoms with Gasteiger partial charge in [-0.1, -0.05) is 11.6 Å². The van der Waals surface area contributed by atoms with E-state index in [-0.39, 0.29) is 5.91 Å². The zero-order chi connectivity index (χ0) is 13.0. The average Bonchev–Trinajstić information content (AvgIpc) is 2.81. The molecule has 0 aliphatic carbocycles. The summed E-state index contributed by atoms with van der Waals surface area (Å²) in [6, 6.07) is 5.48. The molecule has 0 atom stereocenters. The van der Waals surface area contributed by atoms with Crippen LogP contribution in [0.15, 0.2) is 30.6 Å². The number of pyridine rings is 1. The van der Waals surface area contributed by atoms with Crippen LogP contribution < -0.4 is 10.6 Å². The van der Waals surface area contributed by atoms with E-state index in [1.807, 2.05) is 12.1 Å². The highest BCUT2D eigenvalue weighted by molar-refractivity contribution is 7.16. The molecular weight excluding hydrogens is 270 g/mol. The van der Waals surface area contributed by atoms with Crippen LogP contribution in [0.4, 0.5) is 5.69 Å².